The highest BCUT2D eigenvalue weighted by Gasteiger charge is 2.31. The lowest BCUT2D eigenvalue weighted by molar-refractivity contribution is -0.139. The zero-order valence-corrected chi connectivity index (χ0v) is 19.7. The number of carbonyl (C=O) groups excluding carboxylic acids is 1. The molecule has 1 aliphatic rings. The van der Waals surface area contributed by atoms with Crippen LogP contribution in [0.1, 0.15) is 42.0 Å². The quantitative estimate of drug-likeness (QED) is 0.394. The van der Waals surface area contributed by atoms with Gasteiger partial charge in [-0.25, -0.2) is 9.59 Å². The third kappa shape index (κ3) is 4.88. The van der Waals surface area contributed by atoms with Crippen molar-refractivity contribution in [3.63, 3.8) is 0 Å². The Hall–Kier alpha value is -3.32. The summed E-state index contributed by atoms with van der Waals surface area (Å²) in [4.78, 5) is 24.7. The SMILES string of the molecule is CCCOc1ccc(Br)cc1C(NC(=O)OCC1c2ccccc2-c2ccccc21)C(=O)O. The Balaban J connectivity index is 1.51. The largest absolute Gasteiger partial charge is 0.493 e. The van der Waals surface area contributed by atoms with Crippen LogP contribution < -0.4 is 10.1 Å². The molecule has 4 rings (SSSR count). The van der Waals surface area contributed by atoms with Crippen LogP contribution in [-0.4, -0.2) is 30.4 Å². The van der Waals surface area contributed by atoms with Crippen LogP contribution in [0.3, 0.4) is 0 Å². The predicted molar refractivity (Wildman–Crippen MR) is 129 cm³/mol. The Morgan fingerprint density at radius 2 is 1.67 bits per heavy atom. The molecule has 1 amide bonds. The van der Waals surface area contributed by atoms with Crippen LogP contribution in [0.15, 0.2) is 71.2 Å². The minimum Gasteiger partial charge on any atom is -0.493 e. The van der Waals surface area contributed by atoms with Crippen LogP contribution in [0.5, 0.6) is 5.75 Å². The molecule has 2 N–H and O–H groups in total. The number of carboxylic acids is 1. The fourth-order valence-corrected chi connectivity index (χ4v) is 4.50. The number of aliphatic carboxylic acids is 1. The summed E-state index contributed by atoms with van der Waals surface area (Å²) in [7, 11) is 0. The molecular formula is C26H24BrNO5. The van der Waals surface area contributed by atoms with Gasteiger partial charge in [0.15, 0.2) is 6.04 Å². The molecule has 33 heavy (non-hydrogen) atoms. The molecule has 1 aliphatic carbocycles. The van der Waals surface area contributed by atoms with Crippen molar-refractivity contribution in [2.45, 2.75) is 25.3 Å². The summed E-state index contributed by atoms with van der Waals surface area (Å²) in [5.74, 6) is -0.907. The van der Waals surface area contributed by atoms with E-state index in [0.29, 0.717) is 22.4 Å². The molecule has 0 aromatic heterocycles. The number of carboxylic acid groups (broad SMARTS) is 1. The number of fused-ring (bicyclic) bond motifs is 3. The lowest BCUT2D eigenvalue weighted by atomic mass is 9.98. The molecule has 0 saturated carbocycles. The summed E-state index contributed by atoms with van der Waals surface area (Å²) in [5, 5.41) is 12.3. The lowest BCUT2D eigenvalue weighted by Gasteiger charge is -2.20. The number of ether oxygens (including phenoxy) is 2. The second-order valence-corrected chi connectivity index (χ2v) is 8.69. The number of hydrogen-bond acceptors (Lipinski definition) is 4. The van der Waals surface area contributed by atoms with Gasteiger partial charge >= 0.3 is 12.1 Å². The highest BCUT2D eigenvalue weighted by Crippen LogP contribution is 2.44. The van der Waals surface area contributed by atoms with E-state index < -0.39 is 18.1 Å². The van der Waals surface area contributed by atoms with E-state index in [4.69, 9.17) is 9.47 Å². The van der Waals surface area contributed by atoms with Gasteiger partial charge in [-0.3, -0.25) is 0 Å². The molecule has 3 aromatic rings. The molecule has 0 radical (unpaired) electrons. The van der Waals surface area contributed by atoms with Gasteiger partial charge in [-0.05, 0) is 46.9 Å². The van der Waals surface area contributed by atoms with Crippen LogP contribution in [0, 0.1) is 0 Å². The summed E-state index contributed by atoms with van der Waals surface area (Å²) >= 11 is 3.36. The van der Waals surface area contributed by atoms with Crippen LogP contribution in [0.25, 0.3) is 11.1 Å². The van der Waals surface area contributed by atoms with E-state index in [1.807, 2.05) is 43.3 Å². The average molecular weight is 510 g/mol. The van der Waals surface area contributed by atoms with Gasteiger partial charge in [0, 0.05) is 16.0 Å². The lowest BCUT2D eigenvalue weighted by Crippen LogP contribution is -2.35. The van der Waals surface area contributed by atoms with Crippen LogP contribution in [0.4, 0.5) is 4.79 Å². The van der Waals surface area contributed by atoms with Crippen molar-refractivity contribution in [1.29, 1.82) is 0 Å². The topological polar surface area (TPSA) is 84.9 Å². The van der Waals surface area contributed by atoms with Gasteiger partial charge < -0.3 is 19.9 Å². The monoisotopic (exact) mass is 509 g/mol. The first-order valence-corrected chi connectivity index (χ1v) is 11.6. The molecule has 1 unspecified atom stereocenters. The number of rotatable bonds is 8. The van der Waals surface area contributed by atoms with Crippen molar-refractivity contribution in [1.82, 2.24) is 5.32 Å². The number of amides is 1. The van der Waals surface area contributed by atoms with Crippen molar-refractivity contribution in [3.8, 4) is 16.9 Å². The van der Waals surface area contributed by atoms with Crippen molar-refractivity contribution >= 4 is 28.0 Å². The third-order valence-electron chi connectivity index (χ3n) is 5.60. The Kier molecular flexibility index (Phi) is 6.99. The zero-order valence-electron chi connectivity index (χ0n) is 18.1. The molecule has 7 heteroatoms. The second-order valence-electron chi connectivity index (χ2n) is 7.77. The minimum absolute atomic E-state index is 0.101. The van der Waals surface area contributed by atoms with Gasteiger partial charge in [-0.2, -0.15) is 0 Å². The summed E-state index contributed by atoms with van der Waals surface area (Å²) in [6, 6.07) is 19.8. The number of alkyl carbamates (subject to hydrolysis) is 1. The van der Waals surface area contributed by atoms with Crippen LogP contribution in [0.2, 0.25) is 0 Å². The molecule has 3 aromatic carbocycles. The zero-order chi connectivity index (χ0) is 23.4. The maximum atomic E-state index is 12.7. The maximum Gasteiger partial charge on any atom is 0.408 e. The van der Waals surface area contributed by atoms with E-state index in [-0.39, 0.29) is 12.5 Å². The molecule has 0 bridgehead atoms. The van der Waals surface area contributed by atoms with Gasteiger partial charge in [0.1, 0.15) is 12.4 Å². The fourth-order valence-electron chi connectivity index (χ4n) is 4.12. The number of halogens is 1. The Bertz CT molecular complexity index is 1130. The molecule has 1 atom stereocenters. The smallest absolute Gasteiger partial charge is 0.408 e. The fraction of sp³-hybridized carbons (Fsp3) is 0.231. The van der Waals surface area contributed by atoms with Crippen LogP contribution in [-0.2, 0) is 9.53 Å². The average Bonchev–Trinajstić information content (AvgIpc) is 3.14. The molecule has 6 nitrogen and oxygen atoms in total. The number of hydrogen-bond donors (Lipinski definition) is 2. The van der Waals surface area contributed by atoms with Gasteiger partial charge in [0.25, 0.3) is 0 Å². The Labute approximate surface area is 200 Å². The normalized spacial score (nSPS) is 13.0. The standard InChI is InChI=1S/C26H24BrNO5/c1-2-13-32-23-12-11-16(27)14-21(23)24(25(29)30)28-26(31)33-15-22-19-9-5-3-7-17(19)18-8-4-6-10-20(18)22/h3-12,14,22,24H,2,13,15H2,1H3,(H,28,31)(H,29,30). The first-order chi connectivity index (χ1) is 16.0. The number of carbonyl (C=O) groups is 2. The van der Waals surface area contributed by atoms with Gasteiger partial charge in [-0.1, -0.05) is 71.4 Å². The maximum absolute atomic E-state index is 12.7. The van der Waals surface area contributed by atoms with Crippen molar-refractivity contribution in [3.05, 3.63) is 87.9 Å². The van der Waals surface area contributed by atoms with Crippen molar-refractivity contribution in [2.24, 2.45) is 0 Å². The Morgan fingerprint density at radius 1 is 1.03 bits per heavy atom. The molecule has 0 heterocycles. The number of benzene rings is 3. The summed E-state index contributed by atoms with van der Waals surface area (Å²) in [6.07, 6.45) is -0.0294. The summed E-state index contributed by atoms with van der Waals surface area (Å²) in [6.45, 7) is 2.50. The van der Waals surface area contributed by atoms with E-state index in [9.17, 15) is 14.7 Å². The molecule has 0 aliphatic heterocycles. The molecule has 170 valence electrons. The minimum atomic E-state index is -1.31. The highest BCUT2D eigenvalue weighted by molar-refractivity contribution is 9.10. The van der Waals surface area contributed by atoms with Crippen LogP contribution >= 0.6 is 15.9 Å². The van der Waals surface area contributed by atoms with E-state index >= 15 is 0 Å². The molecular weight excluding hydrogens is 486 g/mol. The van der Waals surface area contributed by atoms with Gasteiger partial charge in [-0.15, -0.1) is 0 Å². The third-order valence-corrected chi connectivity index (χ3v) is 6.09. The van der Waals surface area contributed by atoms with E-state index in [1.165, 1.54) is 0 Å². The predicted octanol–water partition coefficient (Wildman–Crippen LogP) is 5.90. The van der Waals surface area contributed by atoms with Gasteiger partial charge in [0.05, 0.1) is 6.61 Å². The first kappa shape index (κ1) is 22.9. The number of nitrogens with one attached hydrogen (secondary N) is 1. The van der Waals surface area contributed by atoms with E-state index in [2.05, 4.69) is 33.4 Å². The van der Waals surface area contributed by atoms with E-state index in [1.54, 1.807) is 18.2 Å². The molecule has 0 spiro atoms. The highest BCUT2D eigenvalue weighted by atomic mass is 79.9. The summed E-state index contributed by atoms with van der Waals surface area (Å²) in [5.41, 5.74) is 4.76. The second kappa shape index (κ2) is 10.1. The molecule has 0 fully saturated rings. The first-order valence-electron chi connectivity index (χ1n) is 10.8. The van der Waals surface area contributed by atoms with Gasteiger partial charge in [0.2, 0.25) is 0 Å². The Morgan fingerprint density at radius 3 is 2.27 bits per heavy atom. The van der Waals surface area contributed by atoms with Crippen molar-refractivity contribution in [2.75, 3.05) is 13.2 Å². The molecule has 0 saturated heterocycles. The summed E-state index contributed by atoms with van der Waals surface area (Å²) < 4.78 is 11.9. The van der Waals surface area contributed by atoms with Crippen molar-refractivity contribution < 1.29 is 24.2 Å². The van der Waals surface area contributed by atoms with E-state index in [0.717, 1.165) is 28.7 Å².